The lowest BCUT2D eigenvalue weighted by atomic mass is 10.0. The van der Waals surface area contributed by atoms with Gasteiger partial charge in [-0.15, -0.1) is 0 Å². The number of nitriles is 1. The van der Waals surface area contributed by atoms with Crippen LogP contribution in [0.5, 0.6) is 5.75 Å². The minimum Gasteiger partial charge on any atom is -0.489 e. The molecule has 0 atom stereocenters. The number of aryl methyl sites for hydroxylation is 1. The van der Waals surface area contributed by atoms with Crippen molar-refractivity contribution in [3.8, 4) is 11.8 Å². The first-order chi connectivity index (χ1) is 9.76. The largest absolute Gasteiger partial charge is 0.489 e. The predicted octanol–water partition coefficient (Wildman–Crippen LogP) is 3.28. The summed E-state index contributed by atoms with van der Waals surface area (Å²) in [5, 5.41) is 20.8. The number of para-hydroxylation sites is 1. The maximum atomic E-state index is 8.95. The molecule has 0 saturated carbocycles. The molecule has 0 radical (unpaired) electrons. The number of rotatable bonds is 4. The lowest BCUT2D eigenvalue weighted by Gasteiger charge is -2.11. The third kappa shape index (κ3) is 2.96. The minimum atomic E-state index is -0.0195. The molecular weight excluding hydrogens is 252 g/mol. The molecule has 20 heavy (non-hydrogen) atoms. The lowest BCUT2D eigenvalue weighted by molar-refractivity contribution is 0.303. The molecule has 0 saturated heterocycles. The van der Waals surface area contributed by atoms with Gasteiger partial charge >= 0.3 is 0 Å². The monoisotopic (exact) mass is 266 g/mol. The van der Waals surface area contributed by atoms with Crippen LogP contribution in [0.4, 0.5) is 0 Å². The molecule has 0 aromatic heterocycles. The quantitative estimate of drug-likeness (QED) is 0.524. The maximum Gasteiger partial charge on any atom is 0.187 e. The van der Waals surface area contributed by atoms with Crippen molar-refractivity contribution in [1.82, 2.24) is 0 Å². The summed E-state index contributed by atoms with van der Waals surface area (Å²) < 4.78 is 5.76. The molecule has 0 fully saturated rings. The van der Waals surface area contributed by atoms with Gasteiger partial charge < -0.3 is 9.94 Å². The van der Waals surface area contributed by atoms with Crippen molar-refractivity contribution in [3.05, 3.63) is 65.2 Å². The van der Waals surface area contributed by atoms with E-state index in [0.29, 0.717) is 12.2 Å². The Labute approximate surface area is 117 Å². The fourth-order valence-electron chi connectivity index (χ4n) is 1.89. The van der Waals surface area contributed by atoms with Crippen molar-refractivity contribution in [2.45, 2.75) is 13.5 Å². The van der Waals surface area contributed by atoms with E-state index < -0.39 is 0 Å². The summed E-state index contributed by atoms with van der Waals surface area (Å²) in [6.07, 6.45) is 0. The molecule has 4 nitrogen and oxygen atoms in total. The zero-order valence-electron chi connectivity index (χ0n) is 11.1. The van der Waals surface area contributed by atoms with E-state index in [1.165, 1.54) is 0 Å². The van der Waals surface area contributed by atoms with Crippen molar-refractivity contribution in [2.24, 2.45) is 5.16 Å². The highest BCUT2D eigenvalue weighted by molar-refractivity contribution is 6.12. The molecule has 2 aromatic rings. The first kappa shape index (κ1) is 13.6. The fourth-order valence-corrected chi connectivity index (χ4v) is 1.89. The van der Waals surface area contributed by atoms with Crippen LogP contribution in [-0.2, 0) is 6.61 Å². The second kappa shape index (κ2) is 6.39. The summed E-state index contributed by atoms with van der Waals surface area (Å²) in [6, 6.07) is 16.8. The third-order valence-electron chi connectivity index (χ3n) is 2.96. The standard InChI is InChI=1S/C16H14N2O2/c1-12-6-2-5-9-16(12)20-11-13-7-3-4-8-14(13)15(10-17)18-19/h2-9,19H,11H2,1H3/b18-15-. The van der Waals surface area contributed by atoms with Crippen LogP contribution in [0.1, 0.15) is 16.7 Å². The first-order valence-electron chi connectivity index (χ1n) is 6.15. The van der Waals surface area contributed by atoms with E-state index in [1.807, 2.05) is 49.4 Å². The van der Waals surface area contributed by atoms with Crippen molar-refractivity contribution >= 4 is 5.71 Å². The summed E-state index contributed by atoms with van der Waals surface area (Å²) in [6.45, 7) is 2.28. The van der Waals surface area contributed by atoms with E-state index in [0.717, 1.165) is 16.9 Å². The molecule has 0 aliphatic carbocycles. The molecule has 0 spiro atoms. The fraction of sp³-hybridized carbons (Fsp3) is 0.125. The molecule has 0 aliphatic heterocycles. The topological polar surface area (TPSA) is 65.6 Å². The molecule has 100 valence electrons. The van der Waals surface area contributed by atoms with Gasteiger partial charge in [-0.1, -0.05) is 47.6 Å². The average molecular weight is 266 g/mol. The number of benzene rings is 2. The maximum absolute atomic E-state index is 8.95. The Kier molecular flexibility index (Phi) is 4.35. The van der Waals surface area contributed by atoms with Gasteiger partial charge in [0.2, 0.25) is 0 Å². The Morgan fingerprint density at radius 1 is 1.20 bits per heavy atom. The van der Waals surface area contributed by atoms with E-state index in [1.54, 1.807) is 12.1 Å². The Morgan fingerprint density at radius 2 is 1.90 bits per heavy atom. The molecule has 2 aromatic carbocycles. The van der Waals surface area contributed by atoms with Crippen LogP contribution in [0.3, 0.4) is 0 Å². The molecule has 2 rings (SSSR count). The first-order valence-corrected chi connectivity index (χ1v) is 6.15. The zero-order valence-corrected chi connectivity index (χ0v) is 11.1. The molecule has 0 aliphatic rings. The second-order valence-corrected chi connectivity index (χ2v) is 4.27. The third-order valence-corrected chi connectivity index (χ3v) is 2.96. The summed E-state index contributed by atoms with van der Waals surface area (Å²) in [5.74, 6) is 0.793. The van der Waals surface area contributed by atoms with Crippen LogP contribution in [-0.4, -0.2) is 10.9 Å². The summed E-state index contributed by atoms with van der Waals surface area (Å²) in [5.41, 5.74) is 2.39. The molecule has 0 bridgehead atoms. The predicted molar refractivity (Wildman–Crippen MR) is 75.9 cm³/mol. The molecular formula is C16H14N2O2. The molecule has 0 heterocycles. The van der Waals surface area contributed by atoms with Gasteiger partial charge in [0.15, 0.2) is 5.71 Å². The van der Waals surface area contributed by atoms with Crippen molar-refractivity contribution < 1.29 is 9.94 Å². The van der Waals surface area contributed by atoms with Crippen molar-refractivity contribution in [3.63, 3.8) is 0 Å². The van der Waals surface area contributed by atoms with E-state index in [-0.39, 0.29) is 5.71 Å². The van der Waals surface area contributed by atoms with Crippen LogP contribution in [0, 0.1) is 18.3 Å². The summed E-state index contributed by atoms with van der Waals surface area (Å²) in [7, 11) is 0. The normalized spacial score (nSPS) is 10.9. The molecule has 0 amide bonds. The molecule has 4 heteroatoms. The number of hydrogen-bond acceptors (Lipinski definition) is 4. The van der Waals surface area contributed by atoms with Gasteiger partial charge in [0.1, 0.15) is 18.4 Å². The average Bonchev–Trinajstić information content (AvgIpc) is 2.49. The number of hydrogen-bond donors (Lipinski definition) is 1. The Morgan fingerprint density at radius 3 is 2.60 bits per heavy atom. The Hall–Kier alpha value is -2.80. The molecule has 1 N–H and O–H groups in total. The van der Waals surface area contributed by atoms with E-state index >= 15 is 0 Å². The highest BCUT2D eigenvalue weighted by Crippen LogP contribution is 2.19. The minimum absolute atomic E-state index is 0.0195. The van der Waals surface area contributed by atoms with Gasteiger partial charge in [0, 0.05) is 5.56 Å². The van der Waals surface area contributed by atoms with Gasteiger partial charge in [-0.2, -0.15) is 5.26 Å². The Bertz CT molecular complexity index is 672. The zero-order chi connectivity index (χ0) is 14.4. The highest BCUT2D eigenvalue weighted by Gasteiger charge is 2.10. The van der Waals surface area contributed by atoms with Crippen LogP contribution in [0.2, 0.25) is 0 Å². The van der Waals surface area contributed by atoms with Crippen LogP contribution in [0.15, 0.2) is 53.7 Å². The number of nitrogens with zero attached hydrogens (tertiary/aromatic N) is 2. The van der Waals surface area contributed by atoms with Crippen LogP contribution in [0.25, 0.3) is 0 Å². The number of oxime groups is 1. The van der Waals surface area contributed by atoms with E-state index in [4.69, 9.17) is 15.2 Å². The second-order valence-electron chi connectivity index (χ2n) is 4.27. The van der Waals surface area contributed by atoms with Gasteiger partial charge in [-0.3, -0.25) is 0 Å². The van der Waals surface area contributed by atoms with Crippen LogP contribution < -0.4 is 4.74 Å². The van der Waals surface area contributed by atoms with E-state index in [2.05, 4.69) is 5.16 Å². The Balaban J connectivity index is 2.23. The summed E-state index contributed by atoms with van der Waals surface area (Å²) >= 11 is 0. The van der Waals surface area contributed by atoms with Crippen molar-refractivity contribution in [1.29, 1.82) is 5.26 Å². The lowest BCUT2D eigenvalue weighted by Crippen LogP contribution is -2.06. The molecule has 0 unspecified atom stereocenters. The van der Waals surface area contributed by atoms with Gasteiger partial charge in [0.05, 0.1) is 0 Å². The van der Waals surface area contributed by atoms with Gasteiger partial charge in [0.25, 0.3) is 0 Å². The SMILES string of the molecule is Cc1ccccc1OCc1ccccc1/C(C#N)=N\O. The van der Waals surface area contributed by atoms with Crippen molar-refractivity contribution in [2.75, 3.05) is 0 Å². The summed E-state index contributed by atoms with van der Waals surface area (Å²) in [4.78, 5) is 0. The smallest absolute Gasteiger partial charge is 0.187 e. The van der Waals surface area contributed by atoms with Gasteiger partial charge in [-0.05, 0) is 24.1 Å². The highest BCUT2D eigenvalue weighted by atomic mass is 16.5. The number of ether oxygens (including phenoxy) is 1. The van der Waals surface area contributed by atoms with Crippen LogP contribution >= 0.6 is 0 Å². The van der Waals surface area contributed by atoms with Gasteiger partial charge in [-0.25, -0.2) is 0 Å². The van der Waals surface area contributed by atoms with E-state index in [9.17, 15) is 0 Å².